The summed E-state index contributed by atoms with van der Waals surface area (Å²) in [4.78, 5) is 4.17. The zero-order valence-corrected chi connectivity index (χ0v) is 12.4. The first-order valence-corrected chi connectivity index (χ1v) is 6.59. The van der Waals surface area contributed by atoms with Crippen molar-refractivity contribution in [2.24, 2.45) is 0 Å². The van der Waals surface area contributed by atoms with E-state index in [4.69, 9.17) is 9.47 Å². The van der Waals surface area contributed by atoms with Gasteiger partial charge in [-0.15, -0.1) is 0 Å². The molecule has 0 aliphatic heterocycles. The van der Waals surface area contributed by atoms with Gasteiger partial charge in [-0.3, -0.25) is 0 Å². The van der Waals surface area contributed by atoms with E-state index >= 15 is 0 Å². The molecule has 2 aromatic rings. The van der Waals surface area contributed by atoms with Crippen LogP contribution in [0.15, 0.2) is 41.1 Å². The number of nitrogens with zero attached hydrogens (tertiary/aromatic N) is 1. The Bertz CT molecular complexity index is 561. The molecule has 0 aliphatic rings. The van der Waals surface area contributed by atoms with Crippen LogP contribution in [0.2, 0.25) is 0 Å². The molecule has 100 valence electrons. The number of aromatic nitrogens is 1. The van der Waals surface area contributed by atoms with E-state index in [1.54, 1.807) is 20.4 Å². The zero-order valence-electron chi connectivity index (χ0n) is 10.8. The van der Waals surface area contributed by atoms with Crippen LogP contribution in [0.1, 0.15) is 5.56 Å². The third-order valence-electron chi connectivity index (χ3n) is 2.72. The summed E-state index contributed by atoms with van der Waals surface area (Å²) < 4.78 is 11.4. The lowest BCUT2D eigenvalue weighted by molar-refractivity contribution is 0.399. The molecule has 1 N–H and O–H groups in total. The lowest BCUT2D eigenvalue weighted by Gasteiger charge is -2.12. The maximum absolute atomic E-state index is 5.34. The first-order valence-electron chi connectivity index (χ1n) is 5.80. The highest BCUT2D eigenvalue weighted by atomic mass is 79.9. The summed E-state index contributed by atoms with van der Waals surface area (Å²) in [6.45, 7) is 0.630. The molecule has 0 bridgehead atoms. The average molecular weight is 323 g/mol. The van der Waals surface area contributed by atoms with Gasteiger partial charge in [-0.1, -0.05) is 0 Å². The van der Waals surface area contributed by atoms with Crippen molar-refractivity contribution in [3.63, 3.8) is 0 Å². The minimum absolute atomic E-state index is 0.630. The highest BCUT2D eigenvalue weighted by molar-refractivity contribution is 9.10. The van der Waals surface area contributed by atoms with Gasteiger partial charge in [0.1, 0.15) is 16.1 Å². The van der Waals surface area contributed by atoms with Gasteiger partial charge in [0.15, 0.2) is 0 Å². The zero-order chi connectivity index (χ0) is 13.7. The molecule has 0 spiro atoms. The number of ether oxygens (including phenoxy) is 2. The first kappa shape index (κ1) is 13.7. The van der Waals surface area contributed by atoms with Gasteiger partial charge in [-0.25, -0.2) is 4.98 Å². The number of hydrogen-bond donors (Lipinski definition) is 1. The molecule has 1 aromatic heterocycles. The third-order valence-corrected chi connectivity index (χ3v) is 3.35. The number of pyridine rings is 1. The fraction of sp³-hybridized carbons (Fsp3) is 0.214. The quantitative estimate of drug-likeness (QED) is 0.856. The van der Waals surface area contributed by atoms with Crippen molar-refractivity contribution >= 4 is 21.6 Å². The van der Waals surface area contributed by atoms with Gasteiger partial charge in [0, 0.05) is 18.3 Å². The summed E-state index contributed by atoms with van der Waals surface area (Å²) in [5.41, 5.74) is 1.96. The Morgan fingerprint density at radius 3 is 2.74 bits per heavy atom. The second kappa shape index (κ2) is 6.43. The first-order chi connectivity index (χ1) is 9.24. The van der Waals surface area contributed by atoms with Crippen molar-refractivity contribution in [1.82, 2.24) is 4.98 Å². The molecule has 0 saturated heterocycles. The van der Waals surface area contributed by atoms with Gasteiger partial charge in [0.05, 0.1) is 19.9 Å². The Hall–Kier alpha value is -1.75. The summed E-state index contributed by atoms with van der Waals surface area (Å²) in [6, 6.07) is 9.58. The van der Waals surface area contributed by atoms with Gasteiger partial charge in [-0.05, 0) is 46.3 Å². The minimum atomic E-state index is 0.630. The number of methoxy groups -OCH3 is 2. The summed E-state index contributed by atoms with van der Waals surface area (Å²) in [7, 11) is 3.31. The Kier molecular flexibility index (Phi) is 4.63. The highest BCUT2D eigenvalue weighted by Gasteiger charge is 2.06. The molecular weight excluding hydrogens is 308 g/mol. The van der Waals surface area contributed by atoms with Crippen LogP contribution in [-0.4, -0.2) is 19.2 Å². The van der Waals surface area contributed by atoms with E-state index in [-0.39, 0.29) is 0 Å². The Labute approximate surface area is 120 Å². The van der Waals surface area contributed by atoms with Gasteiger partial charge >= 0.3 is 0 Å². The fourth-order valence-corrected chi connectivity index (χ4v) is 2.12. The van der Waals surface area contributed by atoms with Crippen molar-refractivity contribution in [3.8, 4) is 11.5 Å². The number of benzene rings is 1. The number of halogens is 1. The van der Waals surface area contributed by atoms with Crippen molar-refractivity contribution in [2.45, 2.75) is 6.54 Å². The molecule has 4 nitrogen and oxygen atoms in total. The molecule has 0 unspecified atom stereocenters. The molecule has 1 heterocycles. The average Bonchev–Trinajstić information content (AvgIpc) is 2.46. The molecule has 2 rings (SSSR count). The van der Waals surface area contributed by atoms with Crippen molar-refractivity contribution in [3.05, 3.63) is 46.7 Å². The summed E-state index contributed by atoms with van der Waals surface area (Å²) in [5.74, 6) is 1.64. The van der Waals surface area contributed by atoms with Gasteiger partial charge in [0.2, 0.25) is 0 Å². The van der Waals surface area contributed by atoms with E-state index in [1.807, 2.05) is 30.3 Å². The van der Waals surface area contributed by atoms with E-state index in [0.717, 1.165) is 27.4 Å². The SMILES string of the molecule is COc1ccc(OC)c(CNc2cccnc2Br)c1. The minimum Gasteiger partial charge on any atom is -0.497 e. The van der Waals surface area contributed by atoms with Crippen molar-refractivity contribution < 1.29 is 9.47 Å². The molecule has 5 heteroatoms. The monoisotopic (exact) mass is 322 g/mol. The van der Waals surface area contributed by atoms with E-state index in [9.17, 15) is 0 Å². The second-order valence-corrected chi connectivity index (χ2v) is 4.62. The van der Waals surface area contributed by atoms with Crippen LogP contribution in [0.4, 0.5) is 5.69 Å². The molecule has 0 aliphatic carbocycles. The van der Waals surface area contributed by atoms with E-state index in [0.29, 0.717) is 6.54 Å². The molecule has 0 radical (unpaired) electrons. The Morgan fingerprint density at radius 2 is 2.05 bits per heavy atom. The summed E-state index contributed by atoms with van der Waals surface area (Å²) in [5, 5.41) is 3.31. The molecule has 0 saturated carbocycles. The molecule has 0 fully saturated rings. The number of anilines is 1. The topological polar surface area (TPSA) is 43.4 Å². The van der Waals surface area contributed by atoms with Crippen molar-refractivity contribution in [2.75, 3.05) is 19.5 Å². The molecule has 1 aromatic carbocycles. The van der Waals surface area contributed by atoms with Gasteiger partial charge in [-0.2, -0.15) is 0 Å². The lowest BCUT2D eigenvalue weighted by Crippen LogP contribution is -2.03. The van der Waals surface area contributed by atoms with Crippen LogP contribution < -0.4 is 14.8 Å². The van der Waals surface area contributed by atoms with Gasteiger partial charge < -0.3 is 14.8 Å². The van der Waals surface area contributed by atoms with Gasteiger partial charge in [0.25, 0.3) is 0 Å². The van der Waals surface area contributed by atoms with Crippen LogP contribution in [0.3, 0.4) is 0 Å². The van der Waals surface area contributed by atoms with Crippen LogP contribution in [0, 0.1) is 0 Å². The van der Waals surface area contributed by atoms with Crippen LogP contribution in [-0.2, 0) is 6.54 Å². The fourth-order valence-electron chi connectivity index (χ4n) is 1.73. The summed E-state index contributed by atoms with van der Waals surface area (Å²) >= 11 is 3.40. The predicted octanol–water partition coefficient (Wildman–Crippen LogP) is 3.47. The van der Waals surface area contributed by atoms with E-state index in [2.05, 4.69) is 26.2 Å². The lowest BCUT2D eigenvalue weighted by atomic mass is 10.2. The molecule has 0 atom stereocenters. The maximum atomic E-state index is 5.34. The van der Waals surface area contributed by atoms with E-state index < -0.39 is 0 Å². The second-order valence-electron chi connectivity index (χ2n) is 3.87. The Balaban J connectivity index is 2.16. The van der Waals surface area contributed by atoms with Crippen LogP contribution in [0.5, 0.6) is 11.5 Å². The summed E-state index contributed by atoms with van der Waals surface area (Å²) in [6.07, 6.45) is 1.74. The Morgan fingerprint density at radius 1 is 1.21 bits per heavy atom. The number of nitrogens with one attached hydrogen (secondary N) is 1. The molecular formula is C14H15BrN2O2. The predicted molar refractivity (Wildman–Crippen MR) is 78.8 cm³/mol. The normalized spacial score (nSPS) is 10.1. The smallest absolute Gasteiger partial charge is 0.129 e. The molecule has 0 amide bonds. The van der Waals surface area contributed by atoms with Crippen LogP contribution in [0.25, 0.3) is 0 Å². The largest absolute Gasteiger partial charge is 0.497 e. The van der Waals surface area contributed by atoms with Crippen LogP contribution >= 0.6 is 15.9 Å². The molecule has 19 heavy (non-hydrogen) atoms. The highest BCUT2D eigenvalue weighted by Crippen LogP contribution is 2.26. The maximum Gasteiger partial charge on any atom is 0.129 e. The van der Waals surface area contributed by atoms with Crippen molar-refractivity contribution in [1.29, 1.82) is 0 Å². The number of rotatable bonds is 5. The van der Waals surface area contributed by atoms with E-state index in [1.165, 1.54) is 0 Å². The third kappa shape index (κ3) is 3.38. The number of hydrogen-bond acceptors (Lipinski definition) is 4. The standard InChI is InChI=1S/C14H15BrN2O2/c1-18-11-5-6-13(19-2)10(8-11)9-17-12-4-3-7-16-14(12)15/h3-8,17H,9H2,1-2H3.